The van der Waals surface area contributed by atoms with Crippen molar-refractivity contribution in [1.82, 2.24) is 9.97 Å². The molecule has 0 spiro atoms. The predicted molar refractivity (Wildman–Crippen MR) is 60.9 cm³/mol. The fraction of sp³-hybridized carbons (Fsp3) is 0.455. The van der Waals surface area contributed by atoms with Crippen LogP contribution in [-0.4, -0.2) is 9.97 Å². The molecule has 2 aromatic heterocycles. The largest absolute Gasteiger partial charge is 0.237 e. The van der Waals surface area contributed by atoms with Crippen molar-refractivity contribution >= 4 is 21.6 Å². The van der Waals surface area contributed by atoms with E-state index >= 15 is 0 Å². The number of aryl methyl sites for hydroxylation is 1. The third-order valence-corrected chi connectivity index (χ3v) is 2.99. The molecule has 0 amide bonds. The van der Waals surface area contributed by atoms with Gasteiger partial charge in [0.05, 0.1) is 0 Å². The molecule has 0 unspecified atom stereocenters. The molecule has 74 valence electrons. The zero-order chi connectivity index (χ0) is 10.3. The smallest absolute Gasteiger partial charge is 0.135 e. The van der Waals surface area contributed by atoms with Crippen LogP contribution in [0.4, 0.5) is 0 Å². The average molecular weight is 206 g/mol. The predicted octanol–water partition coefficient (Wildman–Crippen LogP) is 3.30. The monoisotopic (exact) mass is 206 g/mol. The van der Waals surface area contributed by atoms with E-state index < -0.39 is 0 Å². The van der Waals surface area contributed by atoms with Crippen molar-refractivity contribution in [1.29, 1.82) is 0 Å². The van der Waals surface area contributed by atoms with Crippen LogP contribution >= 0.6 is 11.3 Å². The Morgan fingerprint density at radius 3 is 2.57 bits per heavy atom. The zero-order valence-corrected chi connectivity index (χ0v) is 9.77. The van der Waals surface area contributed by atoms with Gasteiger partial charge in [0.15, 0.2) is 0 Å². The Balaban J connectivity index is 2.70. The minimum absolute atomic E-state index is 0.0307. The summed E-state index contributed by atoms with van der Waals surface area (Å²) in [5.74, 6) is 0.935. The first-order chi connectivity index (χ1) is 6.48. The summed E-state index contributed by atoms with van der Waals surface area (Å²) in [4.78, 5) is 10.2. The molecular formula is C11H14N2S. The van der Waals surface area contributed by atoms with Gasteiger partial charge in [-0.05, 0) is 18.4 Å². The van der Waals surface area contributed by atoms with Crippen LogP contribution < -0.4 is 0 Å². The minimum Gasteiger partial charge on any atom is -0.237 e. The summed E-state index contributed by atoms with van der Waals surface area (Å²) in [5.41, 5.74) is 1.12. The summed E-state index contributed by atoms with van der Waals surface area (Å²) in [6, 6.07) is 2.09. The molecule has 0 aliphatic rings. The molecule has 14 heavy (non-hydrogen) atoms. The highest BCUT2D eigenvalue weighted by Crippen LogP contribution is 2.25. The van der Waals surface area contributed by atoms with Crippen LogP contribution in [0, 0.1) is 6.92 Å². The maximum Gasteiger partial charge on any atom is 0.135 e. The second-order valence-electron chi connectivity index (χ2n) is 4.52. The van der Waals surface area contributed by atoms with Gasteiger partial charge in [-0.2, -0.15) is 0 Å². The molecule has 0 radical (unpaired) electrons. The molecule has 0 bridgehead atoms. The molecule has 0 atom stereocenters. The van der Waals surface area contributed by atoms with Crippen molar-refractivity contribution in [2.75, 3.05) is 0 Å². The summed E-state index contributed by atoms with van der Waals surface area (Å²) in [6.45, 7) is 8.47. The summed E-state index contributed by atoms with van der Waals surface area (Å²) >= 11 is 1.68. The van der Waals surface area contributed by atoms with E-state index in [1.807, 2.05) is 6.92 Å². The number of aromatic nitrogens is 2. The highest BCUT2D eigenvalue weighted by Gasteiger charge is 2.18. The van der Waals surface area contributed by atoms with E-state index in [2.05, 4.69) is 42.2 Å². The van der Waals surface area contributed by atoms with E-state index in [0.717, 1.165) is 16.3 Å². The zero-order valence-electron chi connectivity index (χ0n) is 8.96. The van der Waals surface area contributed by atoms with Crippen LogP contribution in [0.25, 0.3) is 10.2 Å². The Morgan fingerprint density at radius 2 is 1.93 bits per heavy atom. The van der Waals surface area contributed by atoms with Crippen LogP contribution in [0.1, 0.15) is 32.3 Å². The number of thiophene rings is 1. The average Bonchev–Trinajstić information content (AvgIpc) is 2.50. The molecule has 0 saturated heterocycles. The maximum absolute atomic E-state index is 4.57. The van der Waals surface area contributed by atoms with E-state index in [-0.39, 0.29) is 5.41 Å². The fourth-order valence-corrected chi connectivity index (χ4v) is 2.15. The summed E-state index contributed by atoms with van der Waals surface area (Å²) in [6.07, 6.45) is 0. The highest BCUT2D eigenvalue weighted by molar-refractivity contribution is 7.16. The first-order valence-corrected chi connectivity index (χ1v) is 5.59. The molecule has 0 fully saturated rings. The molecule has 0 aliphatic heterocycles. The number of rotatable bonds is 0. The molecular weight excluding hydrogens is 192 g/mol. The van der Waals surface area contributed by atoms with Crippen LogP contribution in [0.5, 0.6) is 0 Å². The maximum atomic E-state index is 4.57. The Morgan fingerprint density at radius 1 is 1.21 bits per heavy atom. The number of hydrogen-bond acceptors (Lipinski definition) is 3. The van der Waals surface area contributed by atoms with Crippen LogP contribution in [0.2, 0.25) is 0 Å². The van der Waals surface area contributed by atoms with Gasteiger partial charge >= 0.3 is 0 Å². The lowest BCUT2D eigenvalue weighted by Crippen LogP contribution is -2.16. The van der Waals surface area contributed by atoms with Gasteiger partial charge in [0.25, 0.3) is 0 Å². The van der Waals surface area contributed by atoms with Gasteiger partial charge in [-0.15, -0.1) is 11.3 Å². The van der Waals surface area contributed by atoms with Crippen LogP contribution in [0.15, 0.2) is 11.4 Å². The van der Waals surface area contributed by atoms with Gasteiger partial charge in [-0.25, -0.2) is 9.97 Å². The lowest BCUT2D eigenvalue weighted by atomic mass is 9.95. The van der Waals surface area contributed by atoms with Gasteiger partial charge in [0.2, 0.25) is 0 Å². The highest BCUT2D eigenvalue weighted by atomic mass is 32.1. The SMILES string of the molecule is Cc1nc(C(C)(C)C)nc2sccc12. The Hall–Kier alpha value is -0.960. The van der Waals surface area contributed by atoms with Crippen molar-refractivity contribution in [2.24, 2.45) is 0 Å². The van der Waals surface area contributed by atoms with Crippen molar-refractivity contribution < 1.29 is 0 Å². The summed E-state index contributed by atoms with van der Waals surface area (Å²) < 4.78 is 0. The van der Waals surface area contributed by atoms with Gasteiger partial charge in [0.1, 0.15) is 10.7 Å². The standard InChI is InChI=1S/C11H14N2S/c1-7-8-5-6-14-9(8)13-10(12-7)11(2,3)4/h5-6H,1-4H3. The Kier molecular flexibility index (Phi) is 2.07. The van der Waals surface area contributed by atoms with Crippen molar-refractivity contribution in [3.8, 4) is 0 Å². The quantitative estimate of drug-likeness (QED) is 0.661. The second-order valence-corrected chi connectivity index (χ2v) is 5.42. The van der Waals surface area contributed by atoms with Crippen LogP contribution in [-0.2, 0) is 5.41 Å². The molecule has 2 heterocycles. The van der Waals surface area contributed by atoms with Gasteiger partial charge < -0.3 is 0 Å². The lowest BCUT2D eigenvalue weighted by Gasteiger charge is -2.16. The normalized spacial score (nSPS) is 12.3. The number of nitrogens with zero attached hydrogens (tertiary/aromatic N) is 2. The lowest BCUT2D eigenvalue weighted by molar-refractivity contribution is 0.547. The van der Waals surface area contributed by atoms with E-state index in [9.17, 15) is 0 Å². The number of hydrogen-bond donors (Lipinski definition) is 0. The molecule has 2 aromatic rings. The summed E-state index contributed by atoms with van der Waals surface area (Å²) in [5, 5.41) is 3.25. The summed E-state index contributed by atoms with van der Waals surface area (Å²) in [7, 11) is 0. The van der Waals surface area contributed by atoms with E-state index in [1.165, 1.54) is 5.39 Å². The first-order valence-electron chi connectivity index (χ1n) is 4.71. The third kappa shape index (κ3) is 1.52. The van der Waals surface area contributed by atoms with Gasteiger partial charge in [-0.1, -0.05) is 20.8 Å². The first kappa shape index (κ1) is 9.59. The van der Waals surface area contributed by atoms with Crippen molar-refractivity contribution in [3.05, 3.63) is 23.0 Å². The molecule has 0 saturated carbocycles. The van der Waals surface area contributed by atoms with E-state index in [1.54, 1.807) is 11.3 Å². The van der Waals surface area contributed by atoms with Gasteiger partial charge in [0, 0.05) is 16.5 Å². The molecule has 0 aliphatic carbocycles. The fourth-order valence-electron chi connectivity index (χ4n) is 1.34. The molecule has 3 heteroatoms. The van der Waals surface area contributed by atoms with Gasteiger partial charge in [-0.3, -0.25) is 0 Å². The minimum atomic E-state index is 0.0307. The van der Waals surface area contributed by atoms with E-state index in [0.29, 0.717) is 0 Å². The topological polar surface area (TPSA) is 25.8 Å². The second kappa shape index (κ2) is 3.02. The molecule has 2 nitrogen and oxygen atoms in total. The van der Waals surface area contributed by atoms with Crippen LogP contribution in [0.3, 0.4) is 0 Å². The Bertz CT molecular complexity index is 466. The molecule has 0 N–H and O–H groups in total. The number of fused-ring (bicyclic) bond motifs is 1. The van der Waals surface area contributed by atoms with Crippen molar-refractivity contribution in [2.45, 2.75) is 33.1 Å². The molecule has 2 rings (SSSR count). The third-order valence-electron chi connectivity index (χ3n) is 2.19. The molecule has 0 aromatic carbocycles. The van der Waals surface area contributed by atoms with Crippen molar-refractivity contribution in [3.63, 3.8) is 0 Å². The van der Waals surface area contributed by atoms with E-state index in [4.69, 9.17) is 0 Å². The Labute approximate surface area is 88.0 Å².